The van der Waals surface area contributed by atoms with Crippen LogP contribution in [0.4, 0.5) is 18.9 Å². The van der Waals surface area contributed by atoms with Crippen LogP contribution < -0.4 is 10.6 Å². The summed E-state index contributed by atoms with van der Waals surface area (Å²) in [5.74, 6) is -1.01. The van der Waals surface area contributed by atoms with E-state index < -0.39 is 17.7 Å². The summed E-state index contributed by atoms with van der Waals surface area (Å²) in [5, 5.41) is 14.7. The molecule has 0 amide bonds. The van der Waals surface area contributed by atoms with Gasteiger partial charge in [-0.25, -0.2) is 4.79 Å². The molecule has 2 aromatic rings. The molecule has 0 saturated carbocycles. The monoisotopic (exact) mass is 354 g/mol. The first kappa shape index (κ1) is 17.7. The van der Waals surface area contributed by atoms with Crippen molar-refractivity contribution in [3.8, 4) is 0 Å². The van der Waals surface area contributed by atoms with Crippen molar-refractivity contribution in [3.63, 3.8) is 0 Å². The molecule has 4 nitrogen and oxygen atoms in total. The molecule has 2 aromatic carbocycles. The summed E-state index contributed by atoms with van der Waals surface area (Å²) in [7, 11) is 0. The minimum Gasteiger partial charge on any atom is -0.478 e. The maximum Gasteiger partial charge on any atom is 0.416 e. The van der Waals surface area contributed by atoms with Crippen LogP contribution in [0.3, 0.4) is 0 Å². The van der Waals surface area contributed by atoms with E-state index in [1.807, 2.05) is 0 Å². The highest BCUT2D eigenvalue weighted by Crippen LogP contribution is 2.29. The van der Waals surface area contributed by atoms with Crippen molar-refractivity contribution < 1.29 is 23.1 Å². The van der Waals surface area contributed by atoms with Crippen LogP contribution in [0, 0.1) is 0 Å². The number of carboxylic acids is 1. The fraction of sp³-hybridized carbons (Fsp3) is 0.125. The van der Waals surface area contributed by atoms with Crippen molar-refractivity contribution in [2.45, 2.75) is 12.7 Å². The van der Waals surface area contributed by atoms with Crippen LogP contribution in [0.1, 0.15) is 21.5 Å². The molecule has 0 aliphatic carbocycles. The number of nitrogens with one attached hydrogen (secondary N) is 2. The second-order valence-electron chi connectivity index (χ2n) is 4.88. The highest BCUT2D eigenvalue weighted by Gasteiger charge is 2.29. The molecule has 24 heavy (non-hydrogen) atoms. The molecule has 2 rings (SSSR count). The molecule has 0 spiro atoms. The Morgan fingerprint density at radius 1 is 1.04 bits per heavy atom. The van der Waals surface area contributed by atoms with Gasteiger partial charge in [0.25, 0.3) is 0 Å². The SMILES string of the molecule is O=C(O)c1ccc(CNC(=S)Nc2ccc(C(F)(F)F)cc2)cc1. The molecule has 0 saturated heterocycles. The van der Waals surface area contributed by atoms with Gasteiger partial charge in [-0.1, -0.05) is 12.1 Å². The van der Waals surface area contributed by atoms with Gasteiger partial charge in [-0.3, -0.25) is 0 Å². The predicted octanol–water partition coefficient (Wildman–Crippen LogP) is 3.89. The van der Waals surface area contributed by atoms with Gasteiger partial charge in [0.2, 0.25) is 0 Å². The second-order valence-corrected chi connectivity index (χ2v) is 5.29. The molecule has 8 heteroatoms. The summed E-state index contributed by atoms with van der Waals surface area (Å²) in [6.07, 6.45) is -4.38. The smallest absolute Gasteiger partial charge is 0.416 e. The Bertz CT molecular complexity index is 728. The number of hydrogen-bond acceptors (Lipinski definition) is 2. The number of aromatic carboxylic acids is 1. The van der Waals surface area contributed by atoms with Gasteiger partial charge in [-0.15, -0.1) is 0 Å². The summed E-state index contributed by atoms with van der Waals surface area (Å²) < 4.78 is 37.4. The van der Waals surface area contributed by atoms with Crippen molar-refractivity contribution in [2.24, 2.45) is 0 Å². The van der Waals surface area contributed by atoms with Gasteiger partial charge in [-0.05, 0) is 54.2 Å². The minimum atomic E-state index is -4.38. The first-order chi connectivity index (χ1) is 11.3. The van der Waals surface area contributed by atoms with E-state index >= 15 is 0 Å². The molecule has 0 radical (unpaired) electrons. The molecule has 0 atom stereocenters. The molecule has 0 aliphatic heterocycles. The number of benzene rings is 2. The minimum absolute atomic E-state index is 0.184. The number of rotatable bonds is 4. The van der Waals surface area contributed by atoms with Gasteiger partial charge >= 0.3 is 12.1 Å². The molecular weight excluding hydrogens is 341 g/mol. The van der Waals surface area contributed by atoms with Gasteiger partial charge in [0.1, 0.15) is 0 Å². The van der Waals surface area contributed by atoms with Crippen LogP contribution >= 0.6 is 12.2 Å². The zero-order valence-corrected chi connectivity index (χ0v) is 13.0. The van der Waals surface area contributed by atoms with E-state index in [-0.39, 0.29) is 10.7 Å². The molecule has 0 aliphatic rings. The van der Waals surface area contributed by atoms with E-state index in [2.05, 4.69) is 10.6 Å². The lowest BCUT2D eigenvalue weighted by molar-refractivity contribution is -0.137. The maximum absolute atomic E-state index is 12.5. The summed E-state index contributed by atoms with van der Waals surface area (Å²) in [6, 6.07) is 10.8. The molecular formula is C16H13F3N2O2S. The zero-order chi connectivity index (χ0) is 17.7. The Morgan fingerprint density at radius 2 is 1.62 bits per heavy atom. The van der Waals surface area contributed by atoms with Gasteiger partial charge in [0.05, 0.1) is 11.1 Å². The number of hydrogen-bond donors (Lipinski definition) is 3. The standard InChI is InChI=1S/C16H13F3N2O2S/c17-16(18,19)12-5-7-13(8-6-12)21-15(24)20-9-10-1-3-11(4-2-10)14(22)23/h1-8H,9H2,(H,22,23)(H2,20,21,24). The number of alkyl halides is 3. The lowest BCUT2D eigenvalue weighted by atomic mass is 10.1. The van der Waals surface area contributed by atoms with Crippen molar-refractivity contribution in [3.05, 3.63) is 65.2 Å². The Morgan fingerprint density at radius 3 is 2.12 bits per heavy atom. The van der Waals surface area contributed by atoms with Crippen molar-refractivity contribution in [2.75, 3.05) is 5.32 Å². The lowest BCUT2D eigenvalue weighted by Gasteiger charge is -2.12. The van der Waals surface area contributed by atoms with E-state index in [4.69, 9.17) is 17.3 Å². The third kappa shape index (κ3) is 4.95. The van der Waals surface area contributed by atoms with Crippen LogP contribution in [-0.4, -0.2) is 16.2 Å². The summed E-state index contributed by atoms with van der Waals surface area (Å²) in [4.78, 5) is 10.8. The number of anilines is 1. The molecule has 0 heterocycles. The first-order valence-electron chi connectivity index (χ1n) is 6.80. The summed E-state index contributed by atoms with van der Waals surface area (Å²) in [5.41, 5.74) is 0.702. The van der Waals surface area contributed by atoms with Crippen LogP contribution in [0.2, 0.25) is 0 Å². The topological polar surface area (TPSA) is 61.4 Å². The van der Waals surface area contributed by atoms with Gasteiger partial charge < -0.3 is 15.7 Å². The van der Waals surface area contributed by atoms with Crippen LogP contribution in [0.25, 0.3) is 0 Å². The third-order valence-electron chi connectivity index (χ3n) is 3.12. The first-order valence-corrected chi connectivity index (χ1v) is 7.21. The van der Waals surface area contributed by atoms with Crippen molar-refractivity contribution >= 4 is 29.0 Å². The largest absolute Gasteiger partial charge is 0.478 e. The molecule has 0 bridgehead atoms. The Labute approximate surface area is 141 Å². The summed E-state index contributed by atoms with van der Waals surface area (Å²) >= 11 is 5.07. The second kappa shape index (κ2) is 7.31. The predicted molar refractivity (Wildman–Crippen MR) is 87.9 cm³/mol. The van der Waals surface area contributed by atoms with Gasteiger partial charge in [0, 0.05) is 12.2 Å². The van der Waals surface area contributed by atoms with Crippen LogP contribution in [-0.2, 0) is 12.7 Å². The summed E-state index contributed by atoms with van der Waals surface area (Å²) in [6.45, 7) is 0.354. The fourth-order valence-electron chi connectivity index (χ4n) is 1.87. The van der Waals surface area contributed by atoms with E-state index in [1.54, 1.807) is 12.1 Å². The van der Waals surface area contributed by atoms with E-state index in [0.717, 1.165) is 17.7 Å². The Hall–Kier alpha value is -2.61. The molecule has 3 N–H and O–H groups in total. The van der Waals surface area contributed by atoms with E-state index in [9.17, 15) is 18.0 Å². The average Bonchev–Trinajstić information content (AvgIpc) is 2.53. The molecule has 126 valence electrons. The van der Waals surface area contributed by atoms with Gasteiger partial charge in [0.15, 0.2) is 5.11 Å². The average molecular weight is 354 g/mol. The highest BCUT2D eigenvalue weighted by atomic mass is 32.1. The van der Waals surface area contributed by atoms with Crippen LogP contribution in [0.5, 0.6) is 0 Å². The quantitative estimate of drug-likeness (QED) is 0.727. The van der Waals surface area contributed by atoms with E-state index in [1.165, 1.54) is 24.3 Å². The molecule has 0 unspecified atom stereocenters. The zero-order valence-electron chi connectivity index (χ0n) is 12.2. The fourth-order valence-corrected chi connectivity index (χ4v) is 2.06. The number of carbonyl (C=O) groups is 1. The van der Waals surface area contributed by atoms with Crippen molar-refractivity contribution in [1.82, 2.24) is 5.32 Å². The normalized spacial score (nSPS) is 11.0. The Kier molecular flexibility index (Phi) is 5.40. The lowest BCUT2D eigenvalue weighted by Crippen LogP contribution is -2.27. The van der Waals surface area contributed by atoms with Gasteiger partial charge in [-0.2, -0.15) is 13.2 Å². The number of halogens is 3. The molecule has 0 fully saturated rings. The van der Waals surface area contributed by atoms with Crippen LogP contribution in [0.15, 0.2) is 48.5 Å². The Balaban J connectivity index is 1.88. The van der Waals surface area contributed by atoms with E-state index in [0.29, 0.717) is 12.2 Å². The molecule has 0 aromatic heterocycles. The number of carboxylic acid groups (broad SMARTS) is 1. The highest BCUT2D eigenvalue weighted by molar-refractivity contribution is 7.80. The maximum atomic E-state index is 12.5. The van der Waals surface area contributed by atoms with Crippen molar-refractivity contribution in [1.29, 1.82) is 0 Å². The third-order valence-corrected chi connectivity index (χ3v) is 3.37. The number of thiocarbonyl (C=S) groups is 1.